The molecule has 35 heavy (non-hydrogen) atoms. The highest BCUT2D eigenvalue weighted by atomic mass is 19.1. The van der Waals surface area contributed by atoms with E-state index >= 15 is 0 Å². The Labute approximate surface area is 207 Å². The molecular formula is C30H35FN2O2. The number of carbonyl (C=O) groups is 2. The number of hydrogen-bond acceptors (Lipinski definition) is 3. The highest BCUT2D eigenvalue weighted by molar-refractivity contribution is 5.85. The van der Waals surface area contributed by atoms with Gasteiger partial charge in [-0.2, -0.15) is 0 Å². The molecule has 1 saturated heterocycles. The smallest absolute Gasteiger partial charge is 0.228 e. The van der Waals surface area contributed by atoms with E-state index in [0.717, 1.165) is 67.0 Å². The number of rotatable bonds is 7. The van der Waals surface area contributed by atoms with Gasteiger partial charge < -0.3 is 9.80 Å². The predicted molar refractivity (Wildman–Crippen MR) is 137 cm³/mol. The number of hydrogen-bond donors (Lipinski definition) is 0. The second-order valence-electron chi connectivity index (χ2n) is 11.2. The summed E-state index contributed by atoms with van der Waals surface area (Å²) in [6.07, 6.45) is 3.09. The van der Waals surface area contributed by atoms with Crippen molar-refractivity contribution < 1.29 is 14.0 Å². The van der Waals surface area contributed by atoms with Crippen molar-refractivity contribution in [2.24, 2.45) is 11.3 Å². The number of nitrogens with zero attached hydrogens (tertiary/aromatic N) is 2. The summed E-state index contributed by atoms with van der Waals surface area (Å²) in [5, 5.41) is 0. The van der Waals surface area contributed by atoms with Crippen molar-refractivity contribution in [2.45, 2.75) is 51.6 Å². The van der Waals surface area contributed by atoms with Crippen molar-refractivity contribution >= 4 is 17.4 Å². The van der Waals surface area contributed by atoms with Crippen LogP contribution in [0.3, 0.4) is 0 Å². The molecule has 2 aromatic carbocycles. The van der Waals surface area contributed by atoms with E-state index in [9.17, 15) is 14.0 Å². The Hall–Kier alpha value is -2.95. The molecule has 1 heterocycles. The molecule has 1 aliphatic heterocycles. The Morgan fingerprint density at radius 3 is 2.17 bits per heavy atom. The van der Waals surface area contributed by atoms with Crippen molar-refractivity contribution in [3.8, 4) is 11.1 Å². The molecule has 4 nitrogen and oxygen atoms in total. The molecule has 2 aliphatic carbocycles. The molecule has 3 aliphatic rings. The highest BCUT2D eigenvalue weighted by Gasteiger charge is 2.47. The molecule has 0 unspecified atom stereocenters. The normalized spacial score (nSPS) is 25.1. The van der Waals surface area contributed by atoms with Crippen LogP contribution < -0.4 is 0 Å². The molecule has 0 aromatic heterocycles. The summed E-state index contributed by atoms with van der Waals surface area (Å²) >= 11 is 0. The van der Waals surface area contributed by atoms with Gasteiger partial charge in [0.2, 0.25) is 5.91 Å². The Bertz CT molecular complexity index is 1130. The zero-order valence-electron chi connectivity index (χ0n) is 20.9. The van der Waals surface area contributed by atoms with Crippen LogP contribution in [0.2, 0.25) is 0 Å². The third kappa shape index (κ3) is 5.05. The van der Waals surface area contributed by atoms with E-state index < -0.39 is 5.67 Å². The first-order valence-electron chi connectivity index (χ1n) is 12.8. The van der Waals surface area contributed by atoms with Crippen LogP contribution in [0, 0.1) is 11.3 Å². The van der Waals surface area contributed by atoms with Crippen LogP contribution >= 0.6 is 0 Å². The average molecular weight is 475 g/mol. The van der Waals surface area contributed by atoms with Crippen molar-refractivity contribution in [1.82, 2.24) is 9.80 Å². The minimum atomic E-state index is -1.17. The van der Waals surface area contributed by atoms with Crippen molar-refractivity contribution in [3.63, 3.8) is 0 Å². The van der Waals surface area contributed by atoms with Gasteiger partial charge in [0.05, 0.1) is 0 Å². The number of piperazine rings is 1. The summed E-state index contributed by atoms with van der Waals surface area (Å²) in [6, 6.07) is 16.4. The molecule has 0 bridgehead atoms. The Morgan fingerprint density at radius 2 is 1.57 bits per heavy atom. The van der Waals surface area contributed by atoms with Crippen LogP contribution in [0.5, 0.6) is 0 Å². The monoisotopic (exact) mass is 474 g/mol. The maximum Gasteiger partial charge on any atom is 0.228 e. The minimum absolute atomic E-state index is 0.105. The van der Waals surface area contributed by atoms with Gasteiger partial charge in [-0.1, -0.05) is 62.0 Å². The van der Waals surface area contributed by atoms with Crippen molar-refractivity contribution in [3.05, 3.63) is 66.2 Å². The summed E-state index contributed by atoms with van der Waals surface area (Å²) in [5.41, 5.74) is 3.91. The molecule has 0 atom stereocenters. The van der Waals surface area contributed by atoms with Crippen LogP contribution in [0.4, 0.5) is 4.39 Å². The first-order chi connectivity index (χ1) is 16.6. The lowest BCUT2D eigenvalue weighted by Crippen LogP contribution is -2.49. The van der Waals surface area contributed by atoms with E-state index in [1.807, 2.05) is 17.0 Å². The minimum Gasteiger partial charge on any atom is -0.368 e. The van der Waals surface area contributed by atoms with Gasteiger partial charge >= 0.3 is 0 Å². The number of carbonyl (C=O) groups excluding carboxylic acids is 2. The maximum atomic E-state index is 13.8. The van der Waals surface area contributed by atoms with E-state index in [0.29, 0.717) is 25.2 Å². The number of halogens is 1. The number of benzene rings is 2. The molecule has 2 saturated carbocycles. The maximum absolute atomic E-state index is 13.8. The van der Waals surface area contributed by atoms with E-state index in [1.165, 1.54) is 0 Å². The summed E-state index contributed by atoms with van der Waals surface area (Å²) in [7, 11) is 0. The molecule has 184 valence electrons. The molecule has 2 aromatic rings. The van der Waals surface area contributed by atoms with Gasteiger partial charge in [-0.05, 0) is 54.9 Å². The van der Waals surface area contributed by atoms with Gasteiger partial charge in [-0.15, -0.1) is 0 Å². The van der Waals surface area contributed by atoms with Crippen LogP contribution in [0.1, 0.15) is 50.7 Å². The lowest BCUT2D eigenvalue weighted by molar-refractivity contribution is -0.137. The standard InChI is InChI=1S/C30H35FN2O2/c1-21(32-13-15-33(16-14-32)28(35)29(2)11-12-29)23-7-9-24(10-8-23)25-6-4-5-22(17-25)18-27(34)26-19-30(3,31)20-26/h4-10,17,26H,1,11-16,18-20H2,2-3H3. The second kappa shape index (κ2) is 8.92. The Kier molecular flexibility index (Phi) is 6.06. The SMILES string of the molecule is C=C(c1ccc(-c2cccc(CC(=O)C3CC(C)(F)C3)c2)cc1)N1CCN(C(=O)C2(C)CC2)CC1. The first kappa shape index (κ1) is 23.8. The van der Waals surface area contributed by atoms with Crippen molar-refractivity contribution in [1.29, 1.82) is 0 Å². The third-order valence-electron chi connectivity index (χ3n) is 8.12. The van der Waals surface area contributed by atoms with E-state index in [4.69, 9.17) is 0 Å². The zero-order chi connectivity index (χ0) is 24.8. The molecule has 0 radical (unpaired) electrons. The van der Waals surface area contributed by atoms with Gasteiger partial charge in [-0.3, -0.25) is 9.59 Å². The Balaban J connectivity index is 1.18. The lowest BCUT2D eigenvalue weighted by atomic mass is 9.70. The van der Waals surface area contributed by atoms with Gasteiger partial charge in [0.15, 0.2) is 0 Å². The number of Topliss-reactive ketones (excluding diaryl/α,β-unsaturated/α-hetero) is 1. The first-order valence-corrected chi connectivity index (χ1v) is 12.8. The van der Waals surface area contributed by atoms with E-state index in [-0.39, 0.29) is 17.1 Å². The van der Waals surface area contributed by atoms with Gasteiger partial charge in [0.25, 0.3) is 0 Å². The highest BCUT2D eigenvalue weighted by Crippen LogP contribution is 2.46. The largest absolute Gasteiger partial charge is 0.368 e. The molecule has 0 spiro atoms. The average Bonchev–Trinajstić information content (AvgIpc) is 3.60. The molecule has 3 fully saturated rings. The molecule has 5 rings (SSSR count). The number of amides is 1. The topological polar surface area (TPSA) is 40.6 Å². The predicted octanol–water partition coefficient (Wildman–Crippen LogP) is 5.52. The summed E-state index contributed by atoms with van der Waals surface area (Å²) in [5.74, 6) is 0.303. The molecular weight excluding hydrogens is 439 g/mol. The molecule has 1 amide bonds. The summed E-state index contributed by atoms with van der Waals surface area (Å²) in [4.78, 5) is 29.4. The van der Waals surface area contributed by atoms with Crippen LogP contribution in [-0.4, -0.2) is 53.3 Å². The fourth-order valence-electron chi connectivity index (χ4n) is 5.40. The van der Waals surface area contributed by atoms with Crippen LogP contribution in [-0.2, 0) is 16.0 Å². The fraction of sp³-hybridized carbons (Fsp3) is 0.467. The van der Waals surface area contributed by atoms with Crippen LogP contribution in [0.15, 0.2) is 55.1 Å². The van der Waals surface area contributed by atoms with Crippen molar-refractivity contribution in [2.75, 3.05) is 26.2 Å². The van der Waals surface area contributed by atoms with E-state index in [1.54, 1.807) is 6.92 Å². The van der Waals surface area contributed by atoms with Gasteiger partial charge in [0, 0.05) is 49.6 Å². The van der Waals surface area contributed by atoms with Gasteiger partial charge in [0.1, 0.15) is 11.5 Å². The Morgan fingerprint density at radius 1 is 0.943 bits per heavy atom. The summed E-state index contributed by atoms with van der Waals surface area (Å²) in [6.45, 7) is 11.1. The lowest BCUT2D eigenvalue weighted by Gasteiger charge is -2.38. The number of alkyl halides is 1. The quantitative estimate of drug-likeness (QED) is 0.531. The van der Waals surface area contributed by atoms with Crippen LogP contribution in [0.25, 0.3) is 16.8 Å². The van der Waals surface area contributed by atoms with Gasteiger partial charge in [-0.25, -0.2) is 4.39 Å². The fourth-order valence-corrected chi connectivity index (χ4v) is 5.40. The molecule has 5 heteroatoms. The van der Waals surface area contributed by atoms with E-state index in [2.05, 4.69) is 54.8 Å². The zero-order valence-corrected chi connectivity index (χ0v) is 20.9. The second-order valence-corrected chi connectivity index (χ2v) is 11.2. The number of ketones is 1. The molecule has 0 N–H and O–H groups in total. The summed E-state index contributed by atoms with van der Waals surface area (Å²) < 4.78 is 13.8. The third-order valence-corrected chi connectivity index (χ3v) is 8.12.